The van der Waals surface area contributed by atoms with Gasteiger partial charge in [-0.1, -0.05) is 23.7 Å². The van der Waals surface area contributed by atoms with E-state index in [1.807, 2.05) is 24.3 Å². The van der Waals surface area contributed by atoms with Crippen LogP contribution in [-0.4, -0.2) is 16.7 Å². The maximum absolute atomic E-state index is 12.1. The summed E-state index contributed by atoms with van der Waals surface area (Å²) in [4.78, 5) is 14.9. The highest BCUT2D eigenvalue weighted by atomic mass is 35.5. The number of aromatic amines is 1. The van der Waals surface area contributed by atoms with Crippen LogP contribution in [0.5, 0.6) is 5.75 Å². The molecule has 3 aromatic rings. The van der Waals surface area contributed by atoms with Crippen LogP contribution in [0.4, 0.5) is 0 Å². The lowest BCUT2D eigenvalue weighted by atomic mass is 10.2. The third-order valence-corrected chi connectivity index (χ3v) is 3.20. The molecule has 0 radical (unpaired) electrons. The maximum atomic E-state index is 12.1. The molecule has 1 N–H and O–H groups in total. The molecule has 1 heterocycles. The molecule has 1 aromatic heterocycles. The molecule has 3 rings (SSSR count). The number of methoxy groups -OCH3 is 1. The number of hydrogen-bond donors (Lipinski definition) is 1. The normalized spacial score (nSPS) is 10.8. The minimum Gasteiger partial charge on any atom is -0.494 e. The molecule has 0 spiro atoms. The number of hydrogen-bond acceptors (Lipinski definition) is 2. The second-order valence-corrected chi connectivity index (χ2v) is 4.54. The quantitative estimate of drug-likeness (QED) is 0.781. The molecule has 0 saturated heterocycles. The van der Waals surface area contributed by atoms with Gasteiger partial charge in [-0.25, -0.2) is 4.79 Å². The highest BCUT2D eigenvalue weighted by Gasteiger charge is 2.11. The van der Waals surface area contributed by atoms with Gasteiger partial charge < -0.3 is 9.72 Å². The number of aromatic nitrogens is 2. The van der Waals surface area contributed by atoms with Gasteiger partial charge in [0.2, 0.25) is 0 Å². The van der Waals surface area contributed by atoms with E-state index in [2.05, 4.69) is 4.98 Å². The number of para-hydroxylation sites is 1. The minimum absolute atomic E-state index is 0.221. The van der Waals surface area contributed by atoms with Gasteiger partial charge in [-0.05, 0) is 30.3 Å². The summed E-state index contributed by atoms with van der Waals surface area (Å²) in [7, 11) is 1.57. The number of H-pyrrole nitrogens is 1. The third-order valence-electron chi connectivity index (χ3n) is 2.97. The molecule has 0 atom stereocenters. The smallest absolute Gasteiger partial charge is 0.331 e. The van der Waals surface area contributed by atoms with E-state index in [-0.39, 0.29) is 5.69 Å². The first kappa shape index (κ1) is 11.9. The van der Waals surface area contributed by atoms with Crippen molar-refractivity contribution in [3.63, 3.8) is 0 Å². The number of benzene rings is 2. The maximum Gasteiger partial charge on any atom is 0.331 e. The number of ether oxygens (including phenoxy) is 1. The summed E-state index contributed by atoms with van der Waals surface area (Å²) < 4.78 is 6.82. The van der Waals surface area contributed by atoms with Crippen molar-refractivity contribution in [3.8, 4) is 11.4 Å². The third kappa shape index (κ3) is 1.90. The highest BCUT2D eigenvalue weighted by Crippen LogP contribution is 2.24. The Hall–Kier alpha value is -2.20. The Balaban J connectivity index is 2.36. The van der Waals surface area contributed by atoms with Gasteiger partial charge >= 0.3 is 5.69 Å². The summed E-state index contributed by atoms with van der Waals surface area (Å²) in [5, 5.41) is 0.585. The SMILES string of the molecule is COc1cccc2c1[nH]c(=O)n2-c1cccc(Cl)c1. The minimum atomic E-state index is -0.221. The van der Waals surface area contributed by atoms with E-state index in [4.69, 9.17) is 16.3 Å². The van der Waals surface area contributed by atoms with E-state index in [1.165, 1.54) is 0 Å². The summed E-state index contributed by atoms with van der Waals surface area (Å²) in [6.45, 7) is 0. The van der Waals surface area contributed by atoms with Crippen LogP contribution in [0.1, 0.15) is 0 Å². The fourth-order valence-electron chi connectivity index (χ4n) is 2.15. The molecule has 0 aliphatic heterocycles. The number of rotatable bonds is 2. The zero-order chi connectivity index (χ0) is 13.4. The molecular weight excluding hydrogens is 264 g/mol. The van der Waals surface area contributed by atoms with E-state index in [1.54, 1.807) is 29.9 Å². The van der Waals surface area contributed by atoms with E-state index >= 15 is 0 Å². The van der Waals surface area contributed by atoms with E-state index < -0.39 is 0 Å². The van der Waals surface area contributed by atoms with Crippen LogP contribution >= 0.6 is 11.6 Å². The van der Waals surface area contributed by atoms with Crippen LogP contribution in [0.25, 0.3) is 16.7 Å². The van der Waals surface area contributed by atoms with Gasteiger partial charge in [-0.2, -0.15) is 0 Å². The molecule has 0 bridgehead atoms. The van der Waals surface area contributed by atoms with E-state index in [0.29, 0.717) is 16.3 Å². The number of fused-ring (bicyclic) bond motifs is 1. The molecule has 4 nitrogen and oxygen atoms in total. The van der Waals surface area contributed by atoms with Crippen LogP contribution in [0.15, 0.2) is 47.3 Å². The van der Waals surface area contributed by atoms with Gasteiger partial charge in [0.25, 0.3) is 0 Å². The lowest BCUT2D eigenvalue weighted by molar-refractivity contribution is 0.419. The van der Waals surface area contributed by atoms with Crippen molar-refractivity contribution in [1.29, 1.82) is 0 Å². The number of nitrogens with zero attached hydrogens (tertiary/aromatic N) is 1. The molecule has 5 heteroatoms. The Bertz CT molecular complexity index is 805. The molecule has 0 amide bonds. The van der Waals surface area contributed by atoms with Gasteiger partial charge in [0.15, 0.2) is 0 Å². The Morgan fingerprint density at radius 1 is 1.21 bits per heavy atom. The number of nitrogens with one attached hydrogen (secondary N) is 1. The second-order valence-electron chi connectivity index (χ2n) is 4.10. The molecule has 96 valence electrons. The van der Waals surface area contributed by atoms with Gasteiger partial charge in [0, 0.05) is 5.02 Å². The molecule has 0 saturated carbocycles. The van der Waals surface area contributed by atoms with Crippen molar-refractivity contribution in [2.24, 2.45) is 0 Å². The average molecular weight is 275 g/mol. The van der Waals surface area contributed by atoms with Crippen LogP contribution in [0.2, 0.25) is 5.02 Å². The van der Waals surface area contributed by atoms with Crippen molar-refractivity contribution in [1.82, 2.24) is 9.55 Å². The van der Waals surface area contributed by atoms with Crippen molar-refractivity contribution in [2.45, 2.75) is 0 Å². The Labute approximate surface area is 114 Å². The monoisotopic (exact) mass is 274 g/mol. The van der Waals surface area contributed by atoms with Crippen molar-refractivity contribution in [3.05, 3.63) is 58.0 Å². The van der Waals surface area contributed by atoms with Gasteiger partial charge in [0.1, 0.15) is 11.3 Å². The van der Waals surface area contributed by atoms with Crippen molar-refractivity contribution < 1.29 is 4.74 Å². The predicted molar refractivity (Wildman–Crippen MR) is 75.5 cm³/mol. The van der Waals surface area contributed by atoms with Crippen LogP contribution < -0.4 is 10.4 Å². The second kappa shape index (κ2) is 4.48. The lowest BCUT2D eigenvalue weighted by Crippen LogP contribution is -2.14. The summed E-state index contributed by atoms with van der Waals surface area (Å²) in [5.41, 5.74) is 1.93. The van der Waals surface area contributed by atoms with Crippen molar-refractivity contribution >= 4 is 22.6 Å². The topological polar surface area (TPSA) is 47.0 Å². The zero-order valence-corrected chi connectivity index (χ0v) is 10.9. The summed E-state index contributed by atoms with van der Waals surface area (Å²) in [5.74, 6) is 0.635. The van der Waals surface area contributed by atoms with Crippen LogP contribution in [0.3, 0.4) is 0 Å². The molecular formula is C14H11ClN2O2. The highest BCUT2D eigenvalue weighted by molar-refractivity contribution is 6.30. The Kier molecular flexibility index (Phi) is 2.80. The van der Waals surface area contributed by atoms with E-state index in [0.717, 1.165) is 11.2 Å². The molecule has 0 aliphatic rings. The molecule has 0 aliphatic carbocycles. The zero-order valence-electron chi connectivity index (χ0n) is 10.2. The predicted octanol–water partition coefficient (Wildman–Crippen LogP) is 2.98. The largest absolute Gasteiger partial charge is 0.494 e. The number of imidazole rings is 1. The summed E-state index contributed by atoms with van der Waals surface area (Å²) in [6.07, 6.45) is 0. The molecule has 0 unspecified atom stereocenters. The average Bonchev–Trinajstić information content (AvgIpc) is 2.74. The lowest BCUT2D eigenvalue weighted by Gasteiger charge is -2.05. The Morgan fingerprint density at radius 2 is 2.00 bits per heavy atom. The van der Waals surface area contributed by atoms with Gasteiger partial charge in [-0.15, -0.1) is 0 Å². The standard InChI is InChI=1S/C14H11ClN2O2/c1-19-12-7-3-6-11-13(12)16-14(18)17(11)10-5-2-4-9(15)8-10/h2-8H,1H3,(H,16,18). The number of halogens is 1. The van der Waals surface area contributed by atoms with E-state index in [9.17, 15) is 4.79 Å². The molecule has 2 aromatic carbocycles. The Morgan fingerprint density at radius 3 is 2.74 bits per heavy atom. The fraction of sp³-hybridized carbons (Fsp3) is 0.0714. The first-order valence-electron chi connectivity index (χ1n) is 5.74. The van der Waals surface area contributed by atoms with Crippen LogP contribution in [-0.2, 0) is 0 Å². The van der Waals surface area contributed by atoms with Gasteiger partial charge in [0.05, 0.1) is 18.3 Å². The fourth-order valence-corrected chi connectivity index (χ4v) is 2.33. The first-order valence-corrected chi connectivity index (χ1v) is 6.12. The van der Waals surface area contributed by atoms with Gasteiger partial charge in [-0.3, -0.25) is 4.57 Å². The molecule has 19 heavy (non-hydrogen) atoms. The first-order chi connectivity index (χ1) is 9.20. The molecule has 0 fully saturated rings. The van der Waals surface area contributed by atoms with Crippen LogP contribution in [0, 0.1) is 0 Å². The summed E-state index contributed by atoms with van der Waals surface area (Å²) in [6, 6.07) is 12.7. The van der Waals surface area contributed by atoms with Crippen molar-refractivity contribution in [2.75, 3.05) is 7.11 Å². The summed E-state index contributed by atoms with van der Waals surface area (Å²) >= 11 is 5.97.